The normalized spacial score (nSPS) is 13.6. The number of ether oxygens (including phenoxy) is 2. The van der Waals surface area contributed by atoms with Crippen molar-refractivity contribution in [2.24, 2.45) is 5.73 Å². The summed E-state index contributed by atoms with van der Waals surface area (Å²) in [6, 6.07) is 4.86. The summed E-state index contributed by atoms with van der Waals surface area (Å²) in [5.41, 5.74) is 8.89. The van der Waals surface area contributed by atoms with E-state index >= 15 is 0 Å². The van der Waals surface area contributed by atoms with Gasteiger partial charge >= 0.3 is 0 Å². The predicted molar refractivity (Wildman–Crippen MR) is 106 cm³/mol. The minimum atomic E-state index is -0.426. The molecule has 0 spiro atoms. The largest absolute Gasteiger partial charge is 0.493 e. The van der Waals surface area contributed by atoms with Gasteiger partial charge in [0.2, 0.25) is 5.91 Å². The Bertz CT molecular complexity index is 1080. The van der Waals surface area contributed by atoms with E-state index < -0.39 is 5.82 Å². The van der Waals surface area contributed by atoms with Crippen LogP contribution in [0.25, 0.3) is 22.3 Å². The van der Waals surface area contributed by atoms with E-state index in [2.05, 4.69) is 10.1 Å². The molecule has 1 aliphatic rings. The summed E-state index contributed by atoms with van der Waals surface area (Å²) in [5, 5.41) is 4.44. The number of fused-ring (bicyclic) bond motifs is 1. The molecular weight excluding hydrogens is 375 g/mol. The average Bonchev–Trinajstić information content (AvgIpc) is 3.48. The Kier molecular flexibility index (Phi) is 5.08. The number of pyridine rings is 1. The Morgan fingerprint density at radius 2 is 1.97 bits per heavy atom. The first-order chi connectivity index (χ1) is 14.0. The quantitative estimate of drug-likeness (QED) is 0.628. The Morgan fingerprint density at radius 1 is 1.24 bits per heavy atom. The van der Waals surface area contributed by atoms with Gasteiger partial charge in [-0.3, -0.25) is 9.48 Å². The molecule has 4 rings (SSSR count). The van der Waals surface area contributed by atoms with E-state index in [1.807, 2.05) is 10.7 Å². The molecule has 1 amide bonds. The van der Waals surface area contributed by atoms with Gasteiger partial charge in [-0.1, -0.05) is 0 Å². The van der Waals surface area contributed by atoms with E-state index in [9.17, 15) is 9.18 Å². The van der Waals surface area contributed by atoms with Crippen molar-refractivity contribution in [1.82, 2.24) is 14.8 Å². The lowest BCUT2D eigenvalue weighted by molar-refractivity contribution is -0.118. The first-order valence-corrected chi connectivity index (χ1v) is 9.58. The Balaban J connectivity index is 1.79. The molecule has 29 heavy (non-hydrogen) atoms. The second-order valence-electron chi connectivity index (χ2n) is 7.23. The van der Waals surface area contributed by atoms with Crippen molar-refractivity contribution in [2.75, 3.05) is 14.2 Å². The monoisotopic (exact) mass is 398 g/mol. The number of amides is 1. The molecule has 0 unspecified atom stereocenters. The number of aryl methyl sites for hydroxylation is 1. The molecule has 1 fully saturated rings. The number of benzene rings is 1. The van der Waals surface area contributed by atoms with Crippen LogP contribution in [0.2, 0.25) is 0 Å². The van der Waals surface area contributed by atoms with Gasteiger partial charge in [-0.25, -0.2) is 9.37 Å². The second kappa shape index (κ2) is 7.69. The molecule has 1 aromatic carbocycles. The maximum atomic E-state index is 14.8. The number of aromatic nitrogens is 3. The second-order valence-corrected chi connectivity index (χ2v) is 7.23. The SMILES string of the molecule is COc1cc(F)c(-c2cc(C3CC3)c3c(cnn3CCCC(N)=O)n2)cc1OC. The van der Waals surface area contributed by atoms with Crippen LogP contribution < -0.4 is 15.2 Å². The molecule has 8 heteroatoms. The summed E-state index contributed by atoms with van der Waals surface area (Å²) >= 11 is 0. The van der Waals surface area contributed by atoms with E-state index in [1.165, 1.54) is 20.3 Å². The first-order valence-electron chi connectivity index (χ1n) is 9.58. The van der Waals surface area contributed by atoms with Gasteiger partial charge in [0.05, 0.1) is 31.6 Å². The maximum absolute atomic E-state index is 14.8. The van der Waals surface area contributed by atoms with Gasteiger partial charge in [0.25, 0.3) is 0 Å². The lowest BCUT2D eigenvalue weighted by Gasteiger charge is -2.13. The number of methoxy groups -OCH3 is 2. The van der Waals surface area contributed by atoms with Gasteiger partial charge in [0, 0.05) is 24.6 Å². The van der Waals surface area contributed by atoms with Gasteiger partial charge in [-0.2, -0.15) is 5.10 Å². The van der Waals surface area contributed by atoms with Crippen LogP contribution in [-0.4, -0.2) is 34.9 Å². The number of hydrogen-bond acceptors (Lipinski definition) is 5. The van der Waals surface area contributed by atoms with Crippen molar-refractivity contribution in [3.63, 3.8) is 0 Å². The van der Waals surface area contributed by atoms with Crippen LogP contribution in [0, 0.1) is 5.82 Å². The lowest BCUT2D eigenvalue weighted by Crippen LogP contribution is -2.12. The summed E-state index contributed by atoms with van der Waals surface area (Å²) in [7, 11) is 2.99. The third-order valence-corrected chi connectivity index (χ3v) is 5.19. The highest BCUT2D eigenvalue weighted by molar-refractivity contribution is 5.83. The van der Waals surface area contributed by atoms with E-state index in [0.717, 1.165) is 23.9 Å². The molecule has 2 heterocycles. The van der Waals surface area contributed by atoms with Crippen molar-refractivity contribution < 1.29 is 18.7 Å². The Morgan fingerprint density at radius 3 is 2.62 bits per heavy atom. The Labute approximate surface area is 167 Å². The van der Waals surface area contributed by atoms with Crippen molar-refractivity contribution in [2.45, 2.75) is 38.1 Å². The summed E-state index contributed by atoms with van der Waals surface area (Å²) in [6.45, 7) is 0.581. The first kappa shape index (κ1) is 19.2. The molecule has 0 atom stereocenters. The number of hydrogen-bond donors (Lipinski definition) is 1. The van der Waals surface area contributed by atoms with Crippen LogP contribution >= 0.6 is 0 Å². The van der Waals surface area contributed by atoms with Crippen LogP contribution in [0.4, 0.5) is 4.39 Å². The zero-order chi connectivity index (χ0) is 20.5. The molecule has 7 nitrogen and oxygen atoms in total. The van der Waals surface area contributed by atoms with Gasteiger partial charge < -0.3 is 15.2 Å². The third-order valence-electron chi connectivity index (χ3n) is 5.19. The number of nitrogens with zero attached hydrogens (tertiary/aromatic N) is 3. The van der Waals surface area contributed by atoms with Crippen LogP contribution in [-0.2, 0) is 11.3 Å². The van der Waals surface area contributed by atoms with Gasteiger partial charge in [0.15, 0.2) is 11.5 Å². The number of rotatable bonds is 8. The highest BCUT2D eigenvalue weighted by Crippen LogP contribution is 2.44. The van der Waals surface area contributed by atoms with Crippen LogP contribution in [0.15, 0.2) is 24.4 Å². The molecular formula is C21H23FN4O3. The number of primary amides is 1. The smallest absolute Gasteiger partial charge is 0.217 e. The fourth-order valence-corrected chi connectivity index (χ4v) is 3.60. The molecule has 2 N–H and O–H groups in total. The number of halogens is 1. The highest BCUT2D eigenvalue weighted by Gasteiger charge is 2.29. The number of carbonyl (C=O) groups excluding carboxylic acids is 1. The molecule has 1 aliphatic carbocycles. The third kappa shape index (κ3) is 3.74. The van der Waals surface area contributed by atoms with Crippen LogP contribution in [0.3, 0.4) is 0 Å². The summed E-state index contributed by atoms with van der Waals surface area (Å²) in [5.74, 6) is 0.438. The predicted octanol–water partition coefficient (Wildman–Crippen LogP) is 3.40. The van der Waals surface area contributed by atoms with E-state index in [-0.39, 0.29) is 5.91 Å². The summed E-state index contributed by atoms with van der Waals surface area (Å²) in [4.78, 5) is 15.7. The summed E-state index contributed by atoms with van der Waals surface area (Å²) in [6.07, 6.45) is 4.78. The van der Waals surface area contributed by atoms with Gasteiger partial charge in [-0.05, 0) is 42.9 Å². The fourth-order valence-electron chi connectivity index (χ4n) is 3.60. The van der Waals surface area contributed by atoms with E-state index in [4.69, 9.17) is 15.2 Å². The number of carbonyl (C=O) groups is 1. The summed E-state index contributed by atoms with van der Waals surface area (Å²) < 4.78 is 27.2. The minimum Gasteiger partial charge on any atom is -0.493 e. The molecule has 3 aromatic rings. The molecule has 0 radical (unpaired) electrons. The van der Waals surface area contributed by atoms with Crippen LogP contribution in [0.5, 0.6) is 11.5 Å². The zero-order valence-electron chi connectivity index (χ0n) is 16.4. The van der Waals surface area contributed by atoms with E-state index in [1.54, 1.807) is 12.3 Å². The molecule has 0 aliphatic heterocycles. The van der Waals surface area contributed by atoms with Crippen molar-refractivity contribution in [3.8, 4) is 22.8 Å². The fraction of sp³-hybridized carbons (Fsp3) is 0.381. The molecule has 0 saturated heterocycles. The highest BCUT2D eigenvalue weighted by atomic mass is 19.1. The van der Waals surface area contributed by atoms with Gasteiger partial charge in [0.1, 0.15) is 11.3 Å². The number of nitrogens with two attached hydrogens (primary N) is 1. The van der Waals surface area contributed by atoms with Crippen molar-refractivity contribution >= 4 is 16.9 Å². The van der Waals surface area contributed by atoms with Crippen molar-refractivity contribution in [3.05, 3.63) is 35.8 Å². The molecule has 0 bridgehead atoms. The van der Waals surface area contributed by atoms with E-state index in [0.29, 0.717) is 53.6 Å². The molecule has 2 aromatic heterocycles. The molecule has 152 valence electrons. The lowest BCUT2D eigenvalue weighted by atomic mass is 10.0. The standard InChI is InChI=1S/C21H23FN4O3/c1-28-18-9-14(15(22)10-19(18)29-2)16-8-13(12-5-6-12)21-17(25-16)11-24-26(21)7-3-4-20(23)27/h8-12H,3-7H2,1-2H3,(H2,23,27). The Hall–Kier alpha value is -3.16. The molecule has 1 saturated carbocycles. The van der Waals surface area contributed by atoms with Gasteiger partial charge in [-0.15, -0.1) is 0 Å². The van der Waals surface area contributed by atoms with Crippen molar-refractivity contribution in [1.29, 1.82) is 0 Å². The average molecular weight is 398 g/mol. The zero-order valence-corrected chi connectivity index (χ0v) is 16.4. The topological polar surface area (TPSA) is 92.3 Å². The minimum absolute atomic E-state index is 0.308. The van der Waals surface area contributed by atoms with Crippen LogP contribution in [0.1, 0.15) is 37.2 Å². The maximum Gasteiger partial charge on any atom is 0.217 e.